The fourth-order valence-corrected chi connectivity index (χ4v) is 3.72. The van der Waals surface area contributed by atoms with Crippen molar-refractivity contribution in [2.75, 3.05) is 13.2 Å². The van der Waals surface area contributed by atoms with Gasteiger partial charge in [-0.25, -0.2) is 4.39 Å². The van der Waals surface area contributed by atoms with Gasteiger partial charge in [-0.1, -0.05) is 12.1 Å². The highest BCUT2D eigenvalue weighted by molar-refractivity contribution is 5.98. The first kappa shape index (κ1) is 21.0. The Bertz CT molecular complexity index is 1010. The van der Waals surface area contributed by atoms with Crippen molar-refractivity contribution in [2.45, 2.75) is 45.1 Å². The Hall–Kier alpha value is -3.22. The molecule has 1 aromatic carbocycles. The number of allylic oxidation sites excluding steroid dienone is 5. The lowest BCUT2D eigenvalue weighted by Gasteiger charge is -2.38. The topological polar surface area (TPSA) is 60.2 Å². The maximum absolute atomic E-state index is 13.7. The van der Waals surface area contributed by atoms with E-state index in [1.807, 2.05) is 35.2 Å². The molecule has 1 heterocycles. The maximum Gasteiger partial charge on any atom is 0.256 e. The van der Waals surface area contributed by atoms with E-state index in [0.717, 1.165) is 19.3 Å². The standard InChI is InChI=1S/C24H27FN4O2/c1-18-10-11-20(12-13-22(18)25)31-17-5-16-28(19-6-4-7-19)24(30)21-8-2-3-9-23(21)29-26-14-15-27-29/h2-3,8-9,11-15,19H,4-7,10,16-17H2,1H3. The molecule has 4 rings (SSSR count). The van der Waals surface area contributed by atoms with E-state index in [0.29, 0.717) is 48.6 Å². The Balaban J connectivity index is 1.40. The SMILES string of the molecule is CC1=C(F)C=CC(OCCCN(C(=O)c2ccccc2-n2nccn2)C2CCC2)=CC1. The molecule has 1 fully saturated rings. The summed E-state index contributed by atoms with van der Waals surface area (Å²) in [6, 6.07) is 7.68. The molecule has 1 amide bonds. The first-order valence-corrected chi connectivity index (χ1v) is 10.8. The zero-order chi connectivity index (χ0) is 21.6. The van der Waals surface area contributed by atoms with Gasteiger partial charge in [-0.15, -0.1) is 0 Å². The molecule has 0 N–H and O–H groups in total. The summed E-state index contributed by atoms with van der Waals surface area (Å²) in [5.41, 5.74) is 1.97. The fraction of sp³-hybridized carbons (Fsp3) is 0.375. The predicted molar refractivity (Wildman–Crippen MR) is 116 cm³/mol. The number of halogens is 1. The Kier molecular flexibility index (Phi) is 6.60. The van der Waals surface area contributed by atoms with Crippen molar-refractivity contribution in [3.63, 3.8) is 0 Å². The van der Waals surface area contributed by atoms with Crippen molar-refractivity contribution in [2.24, 2.45) is 0 Å². The summed E-state index contributed by atoms with van der Waals surface area (Å²) in [5.74, 6) is 0.457. The highest BCUT2D eigenvalue weighted by Crippen LogP contribution is 2.28. The summed E-state index contributed by atoms with van der Waals surface area (Å²) >= 11 is 0. The number of carbonyl (C=O) groups is 1. The summed E-state index contributed by atoms with van der Waals surface area (Å²) in [5, 5.41) is 8.37. The average molecular weight is 423 g/mol. The molecular formula is C24H27FN4O2. The molecule has 0 aliphatic heterocycles. The second-order valence-corrected chi connectivity index (χ2v) is 7.89. The third kappa shape index (κ3) is 4.93. The molecule has 162 valence electrons. The molecule has 0 atom stereocenters. The van der Waals surface area contributed by atoms with Crippen LogP contribution < -0.4 is 0 Å². The van der Waals surface area contributed by atoms with Crippen LogP contribution in [0.15, 0.2) is 72.0 Å². The van der Waals surface area contributed by atoms with Crippen LogP contribution in [0, 0.1) is 0 Å². The van der Waals surface area contributed by atoms with Crippen molar-refractivity contribution in [3.05, 3.63) is 77.6 Å². The second-order valence-electron chi connectivity index (χ2n) is 7.89. The van der Waals surface area contributed by atoms with Crippen LogP contribution in [-0.2, 0) is 4.74 Å². The van der Waals surface area contributed by atoms with E-state index in [1.54, 1.807) is 25.4 Å². The van der Waals surface area contributed by atoms with Crippen molar-refractivity contribution < 1.29 is 13.9 Å². The largest absolute Gasteiger partial charge is 0.494 e. The first-order valence-electron chi connectivity index (χ1n) is 10.8. The molecule has 0 bridgehead atoms. The summed E-state index contributed by atoms with van der Waals surface area (Å²) in [7, 11) is 0. The van der Waals surface area contributed by atoms with Gasteiger partial charge in [0.15, 0.2) is 0 Å². The number of hydrogen-bond acceptors (Lipinski definition) is 4. The summed E-state index contributed by atoms with van der Waals surface area (Å²) in [4.78, 5) is 16.9. The number of aromatic nitrogens is 3. The second kappa shape index (κ2) is 9.73. The van der Waals surface area contributed by atoms with Crippen molar-refractivity contribution in [3.8, 4) is 5.69 Å². The number of para-hydroxylation sites is 1. The Morgan fingerprint density at radius 2 is 2.00 bits per heavy atom. The van der Waals surface area contributed by atoms with Gasteiger partial charge in [0.2, 0.25) is 0 Å². The van der Waals surface area contributed by atoms with E-state index in [-0.39, 0.29) is 17.8 Å². The lowest BCUT2D eigenvalue weighted by atomic mass is 9.90. The van der Waals surface area contributed by atoms with Gasteiger partial charge in [0.1, 0.15) is 11.6 Å². The smallest absolute Gasteiger partial charge is 0.256 e. The Morgan fingerprint density at radius 1 is 1.23 bits per heavy atom. The van der Waals surface area contributed by atoms with Crippen LogP contribution in [-0.4, -0.2) is 45.0 Å². The minimum Gasteiger partial charge on any atom is -0.494 e. The minimum atomic E-state index is -0.207. The quantitative estimate of drug-likeness (QED) is 0.576. The number of rotatable bonds is 8. The third-order valence-corrected chi connectivity index (χ3v) is 5.77. The molecule has 1 aromatic heterocycles. The van der Waals surface area contributed by atoms with Crippen molar-refractivity contribution in [1.82, 2.24) is 19.9 Å². The highest BCUT2D eigenvalue weighted by atomic mass is 19.1. The summed E-state index contributed by atoms with van der Waals surface area (Å²) in [6.45, 7) is 2.85. The number of benzene rings is 1. The molecule has 0 saturated heterocycles. The van der Waals surface area contributed by atoms with Gasteiger partial charge in [0, 0.05) is 12.6 Å². The van der Waals surface area contributed by atoms with Crippen molar-refractivity contribution >= 4 is 5.91 Å². The summed E-state index contributed by atoms with van der Waals surface area (Å²) in [6.07, 6.45) is 12.6. The van der Waals surface area contributed by atoms with E-state index >= 15 is 0 Å². The van der Waals surface area contributed by atoms with Crippen LogP contribution in [0.2, 0.25) is 0 Å². The average Bonchev–Trinajstić information content (AvgIpc) is 3.24. The molecule has 0 spiro atoms. The van der Waals surface area contributed by atoms with Gasteiger partial charge in [0.05, 0.1) is 30.3 Å². The van der Waals surface area contributed by atoms with Gasteiger partial charge in [-0.2, -0.15) is 15.0 Å². The fourth-order valence-electron chi connectivity index (χ4n) is 3.72. The van der Waals surface area contributed by atoms with Gasteiger partial charge < -0.3 is 9.64 Å². The molecular weight excluding hydrogens is 395 g/mol. The van der Waals surface area contributed by atoms with E-state index in [4.69, 9.17) is 4.74 Å². The van der Waals surface area contributed by atoms with Crippen LogP contribution in [0.25, 0.3) is 5.69 Å². The molecule has 0 radical (unpaired) electrons. The molecule has 0 unspecified atom stereocenters. The van der Waals surface area contributed by atoms with Crippen LogP contribution in [0.3, 0.4) is 0 Å². The zero-order valence-corrected chi connectivity index (χ0v) is 17.7. The number of amides is 1. The molecule has 31 heavy (non-hydrogen) atoms. The Labute approximate surface area is 181 Å². The monoisotopic (exact) mass is 422 g/mol. The first-order chi connectivity index (χ1) is 15.1. The Morgan fingerprint density at radius 3 is 2.74 bits per heavy atom. The van der Waals surface area contributed by atoms with E-state index in [2.05, 4.69) is 10.2 Å². The van der Waals surface area contributed by atoms with E-state index in [1.165, 1.54) is 10.9 Å². The molecule has 6 nitrogen and oxygen atoms in total. The van der Waals surface area contributed by atoms with Crippen LogP contribution >= 0.6 is 0 Å². The molecule has 1 saturated carbocycles. The third-order valence-electron chi connectivity index (χ3n) is 5.77. The van der Waals surface area contributed by atoms with E-state index in [9.17, 15) is 9.18 Å². The van der Waals surface area contributed by atoms with Gasteiger partial charge in [-0.05, 0) is 75.0 Å². The molecule has 2 aliphatic carbocycles. The molecule has 2 aromatic rings. The van der Waals surface area contributed by atoms with Gasteiger partial charge in [0.25, 0.3) is 5.91 Å². The molecule has 7 heteroatoms. The van der Waals surface area contributed by atoms with E-state index < -0.39 is 0 Å². The number of ether oxygens (including phenoxy) is 1. The number of hydrogen-bond donors (Lipinski definition) is 0. The van der Waals surface area contributed by atoms with Crippen LogP contribution in [0.1, 0.15) is 49.4 Å². The van der Waals surface area contributed by atoms with Gasteiger partial charge in [-0.3, -0.25) is 4.79 Å². The zero-order valence-electron chi connectivity index (χ0n) is 17.7. The highest BCUT2D eigenvalue weighted by Gasteiger charge is 2.30. The van der Waals surface area contributed by atoms with Crippen LogP contribution in [0.5, 0.6) is 0 Å². The van der Waals surface area contributed by atoms with Gasteiger partial charge >= 0.3 is 0 Å². The predicted octanol–water partition coefficient (Wildman–Crippen LogP) is 4.76. The molecule has 2 aliphatic rings. The minimum absolute atomic E-state index is 0.00641. The van der Waals surface area contributed by atoms with Crippen molar-refractivity contribution in [1.29, 1.82) is 0 Å². The number of carbonyl (C=O) groups excluding carboxylic acids is 1. The lowest BCUT2D eigenvalue weighted by Crippen LogP contribution is -2.45. The van der Waals surface area contributed by atoms with Crippen LogP contribution in [0.4, 0.5) is 4.39 Å². The lowest BCUT2D eigenvalue weighted by molar-refractivity contribution is 0.0556. The normalized spacial score (nSPS) is 16.5. The maximum atomic E-state index is 13.7. The number of nitrogens with zero attached hydrogens (tertiary/aromatic N) is 4. The summed E-state index contributed by atoms with van der Waals surface area (Å²) < 4.78 is 19.5.